The maximum atomic E-state index is 14.6. The fourth-order valence-electron chi connectivity index (χ4n) is 4.05. The van der Waals surface area contributed by atoms with Crippen LogP contribution in [0.4, 0.5) is 4.39 Å². The molecule has 0 atom stereocenters. The molecule has 0 fully saturated rings. The van der Waals surface area contributed by atoms with Gasteiger partial charge in [-0.05, 0) is 29.8 Å². The van der Waals surface area contributed by atoms with Gasteiger partial charge in [0, 0.05) is 33.6 Å². The number of esters is 1. The number of aromatic amines is 1. The first kappa shape index (κ1) is 22.2. The summed E-state index contributed by atoms with van der Waals surface area (Å²) in [6.07, 6.45) is 1.71. The van der Waals surface area contributed by atoms with E-state index in [-0.39, 0.29) is 10.7 Å². The number of benzene rings is 3. The maximum Gasteiger partial charge on any atom is 0.355 e. The quantitative estimate of drug-likeness (QED) is 0.268. The SMILES string of the molecule is COC(=O)c1[nH]c2cc(Cl)c(F)cc2c1-c1c(-c2ccccc2)ncn1Cc1ccc(Cl)cc1. The van der Waals surface area contributed by atoms with Crippen LogP contribution in [-0.4, -0.2) is 27.6 Å². The first-order valence-electron chi connectivity index (χ1n) is 10.4. The summed E-state index contributed by atoms with van der Waals surface area (Å²) in [6.45, 7) is 0.454. The standard InChI is InChI=1S/C26H18Cl2FN3O2/c1-34-26(33)24-22(18-11-20(29)19(28)12-21(18)31-24)25-23(16-5-3-2-4-6-16)30-14-32(25)13-15-7-9-17(27)10-8-15/h2-12,14,31H,13H2,1H3. The van der Waals surface area contributed by atoms with Gasteiger partial charge in [0.2, 0.25) is 0 Å². The Balaban J connectivity index is 1.81. The van der Waals surface area contributed by atoms with Crippen LogP contribution in [0, 0.1) is 5.82 Å². The molecule has 0 spiro atoms. The predicted octanol–water partition coefficient (Wildman–Crippen LogP) is 6.98. The van der Waals surface area contributed by atoms with E-state index in [1.165, 1.54) is 19.2 Å². The van der Waals surface area contributed by atoms with Gasteiger partial charge >= 0.3 is 5.97 Å². The van der Waals surface area contributed by atoms with E-state index in [4.69, 9.17) is 27.9 Å². The van der Waals surface area contributed by atoms with Crippen molar-refractivity contribution in [3.8, 4) is 22.5 Å². The topological polar surface area (TPSA) is 59.9 Å². The molecule has 0 saturated carbocycles. The number of hydrogen-bond acceptors (Lipinski definition) is 3. The number of ether oxygens (including phenoxy) is 1. The molecule has 5 nitrogen and oxygen atoms in total. The van der Waals surface area contributed by atoms with Gasteiger partial charge in [-0.15, -0.1) is 0 Å². The summed E-state index contributed by atoms with van der Waals surface area (Å²) < 4.78 is 21.5. The number of rotatable bonds is 5. The molecule has 0 aliphatic rings. The summed E-state index contributed by atoms with van der Waals surface area (Å²) >= 11 is 12.1. The van der Waals surface area contributed by atoms with Crippen molar-refractivity contribution < 1.29 is 13.9 Å². The normalized spacial score (nSPS) is 11.2. The van der Waals surface area contributed by atoms with Crippen molar-refractivity contribution in [2.45, 2.75) is 6.54 Å². The number of imidazole rings is 1. The molecule has 0 aliphatic heterocycles. The number of nitrogens with zero attached hydrogens (tertiary/aromatic N) is 2. The van der Waals surface area contributed by atoms with E-state index in [9.17, 15) is 9.18 Å². The molecule has 170 valence electrons. The fourth-order valence-corrected chi connectivity index (χ4v) is 4.34. The smallest absolute Gasteiger partial charge is 0.355 e. The van der Waals surface area contributed by atoms with Gasteiger partial charge in [0.1, 0.15) is 11.5 Å². The molecular weight excluding hydrogens is 476 g/mol. The zero-order valence-electron chi connectivity index (χ0n) is 18.0. The summed E-state index contributed by atoms with van der Waals surface area (Å²) in [7, 11) is 1.30. The highest BCUT2D eigenvalue weighted by molar-refractivity contribution is 6.31. The number of carbonyl (C=O) groups is 1. The summed E-state index contributed by atoms with van der Waals surface area (Å²) in [5.74, 6) is -1.17. The summed E-state index contributed by atoms with van der Waals surface area (Å²) in [6, 6.07) is 19.9. The van der Waals surface area contributed by atoms with E-state index < -0.39 is 11.8 Å². The van der Waals surface area contributed by atoms with E-state index in [1.807, 2.05) is 59.2 Å². The number of methoxy groups -OCH3 is 1. The Kier molecular flexibility index (Phi) is 5.86. The van der Waals surface area contributed by atoms with Crippen molar-refractivity contribution in [3.63, 3.8) is 0 Å². The van der Waals surface area contributed by atoms with Gasteiger partial charge in [-0.1, -0.05) is 65.7 Å². The van der Waals surface area contributed by atoms with Crippen LogP contribution in [0.5, 0.6) is 0 Å². The lowest BCUT2D eigenvalue weighted by molar-refractivity contribution is 0.0596. The van der Waals surface area contributed by atoms with Crippen LogP contribution >= 0.6 is 23.2 Å². The van der Waals surface area contributed by atoms with E-state index in [0.29, 0.717) is 39.4 Å². The van der Waals surface area contributed by atoms with Gasteiger partial charge in [0.25, 0.3) is 0 Å². The fraction of sp³-hybridized carbons (Fsp3) is 0.0769. The molecule has 5 rings (SSSR count). The number of carbonyl (C=O) groups excluding carboxylic acids is 1. The molecule has 1 N–H and O–H groups in total. The Labute approximate surface area is 204 Å². The van der Waals surface area contributed by atoms with Crippen molar-refractivity contribution in [2.75, 3.05) is 7.11 Å². The monoisotopic (exact) mass is 493 g/mol. The van der Waals surface area contributed by atoms with E-state index >= 15 is 0 Å². The van der Waals surface area contributed by atoms with Crippen molar-refractivity contribution in [1.82, 2.24) is 14.5 Å². The average molecular weight is 494 g/mol. The maximum absolute atomic E-state index is 14.6. The minimum Gasteiger partial charge on any atom is -0.464 e. The number of fused-ring (bicyclic) bond motifs is 1. The lowest BCUT2D eigenvalue weighted by Crippen LogP contribution is -2.07. The minimum atomic E-state index is -0.587. The van der Waals surface area contributed by atoms with E-state index in [2.05, 4.69) is 9.97 Å². The molecule has 8 heteroatoms. The molecule has 0 bridgehead atoms. The van der Waals surface area contributed by atoms with Gasteiger partial charge in [-0.25, -0.2) is 14.2 Å². The molecule has 5 aromatic rings. The van der Waals surface area contributed by atoms with Crippen molar-refractivity contribution in [2.24, 2.45) is 0 Å². The molecular formula is C26H18Cl2FN3O2. The van der Waals surface area contributed by atoms with Crippen LogP contribution in [0.3, 0.4) is 0 Å². The minimum absolute atomic E-state index is 0.0466. The average Bonchev–Trinajstić information content (AvgIpc) is 3.41. The molecule has 0 aliphatic carbocycles. The van der Waals surface area contributed by atoms with Crippen LogP contribution < -0.4 is 0 Å². The highest BCUT2D eigenvalue weighted by Gasteiger charge is 2.27. The molecule has 0 unspecified atom stereocenters. The Morgan fingerprint density at radius 1 is 1.09 bits per heavy atom. The van der Waals surface area contributed by atoms with Crippen LogP contribution in [0.15, 0.2) is 73.1 Å². The first-order chi connectivity index (χ1) is 16.5. The summed E-state index contributed by atoms with van der Waals surface area (Å²) in [5, 5.41) is 1.09. The Hall–Kier alpha value is -3.61. The lowest BCUT2D eigenvalue weighted by atomic mass is 10.0. The van der Waals surface area contributed by atoms with Gasteiger partial charge in [-0.2, -0.15) is 0 Å². The molecule has 0 radical (unpaired) electrons. The molecule has 2 heterocycles. The molecule has 34 heavy (non-hydrogen) atoms. The number of H-pyrrole nitrogens is 1. The Morgan fingerprint density at radius 3 is 2.53 bits per heavy atom. The van der Waals surface area contributed by atoms with Gasteiger partial charge in [-0.3, -0.25) is 0 Å². The molecule has 3 aromatic carbocycles. The predicted molar refractivity (Wildman–Crippen MR) is 132 cm³/mol. The van der Waals surface area contributed by atoms with Gasteiger partial charge in [0.05, 0.1) is 29.8 Å². The highest BCUT2D eigenvalue weighted by Crippen LogP contribution is 2.40. The first-order valence-corrected chi connectivity index (χ1v) is 11.2. The van der Waals surface area contributed by atoms with Gasteiger partial charge < -0.3 is 14.3 Å². The van der Waals surface area contributed by atoms with Gasteiger partial charge in [0.15, 0.2) is 0 Å². The second-order valence-corrected chi connectivity index (χ2v) is 8.58. The second kappa shape index (κ2) is 8.97. The van der Waals surface area contributed by atoms with Crippen LogP contribution in [-0.2, 0) is 11.3 Å². The van der Waals surface area contributed by atoms with E-state index in [1.54, 1.807) is 6.33 Å². The number of aromatic nitrogens is 3. The molecule has 0 saturated heterocycles. The Bertz CT molecular complexity index is 1510. The Morgan fingerprint density at radius 2 is 1.82 bits per heavy atom. The molecule has 0 amide bonds. The van der Waals surface area contributed by atoms with Crippen LogP contribution in [0.2, 0.25) is 10.0 Å². The second-order valence-electron chi connectivity index (χ2n) is 7.74. The van der Waals surface area contributed by atoms with Crippen molar-refractivity contribution in [3.05, 3.63) is 100 Å². The number of halogens is 3. The zero-order chi connectivity index (χ0) is 23.8. The summed E-state index contributed by atoms with van der Waals surface area (Å²) in [5.41, 5.74) is 4.32. The number of hydrogen-bond donors (Lipinski definition) is 1. The van der Waals surface area contributed by atoms with Crippen molar-refractivity contribution >= 4 is 40.1 Å². The third-order valence-corrected chi connectivity index (χ3v) is 6.16. The van der Waals surface area contributed by atoms with Crippen LogP contribution in [0.25, 0.3) is 33.4 Å². The number of nitrogens with one attached hydrogen (secondary N) is 1. The summed E-state index contributed by atoms with van der Waals surface area (Å²) in [4.78, 5) is 20.5. The van der Waals surface area contributed by atoms with Crippen molar-refractivity contribution in [1.29, 1.82) is 0 Å². The largest absolute Gasteiger partial charge is 0.464 e. The third kappa shape index (κ3) is 3.95. The highest BCUT2D eigenvalue weighted by atomic mass is 35.5. The third-order valence-electron chi connectivity index (χ3n) is 5.62. The zero-order valence-corrected chi connectivity index (χ0v) is 19.5. The van der Waals surface area contributed by atoms with E-state index in [0.717, 1.165) is 11.1 Å². The molecule has 2 aromatic heterocycles. The lowest BCUT2D eigenvalue weighted by Gasteiger charge is -2.12. The van der Waals surface area contributed by atoms with Crippen LogP contribution in [0.1, 0.15) is 16.1 Å².